The van der Waals surface area contributed by atoms with Gasteiger partial charge in [-0.2, -0.15) is 0 Å². The molecule has 0 bridgehead atoms. The van der Waals surface area contributed by atoms with E-state index in [0.717, 1.165) is 42.9 Å². The lowest BCUT2D eigenvalue weighted by Crippen LogP contribution is -2.23. The third-order valence-electron chi connectivity index (χ3n) is 4.40. The minimum Gasteiger partial charge on any atom is -0.396 e. The number of fused-ring (bicyclic) bond motifs is 1. The number of nitrogens with zero attached hydrogens (tertiary/aromatic N) is 1. The second-order valence-electron chi connectivity index (χ2n) is 5.71. The Morgan fingerprint density at radius 2 is 2.33 bits per heavy atom. The molecule has 21 heavy (non-hydrogen) atoms. The zero-order chi connectivity index (χ0) is 15.0. The molecule has 2 atom stereocenters. The predicted molar refractivity (Wildman–Crippen MR) is 83.9 cm³/mol. The first kappa shape index (κ1) is 14.6. The van der Waals surface area contributed by atoms with Gasteiger partial charge in [-0.15, -0.1) is 0 Å². The highest BCUT2D eigenvalue weighted by molar-refractivity contribution is 6.33. The second kappa shape index (κ2) is 5.83. The molecule has 1 aromatic rings. The molecule has 114 valence electrons. The van der Waals surface area contributed by atoms with E-state index < -0.39 is 0 Å². The molecule has 0 aromatic heterocycles. The van der Waals surface area contributed by atoms with Crippen molar-refractivity contribution in [3.8, 4) is 0 Å². The zero-order valence-corrected chi connectivity index (χ0v) is 12.8. The molecule has 0 aliphatic carbocycles. The Morgan fingerprint density at radius 1 is 1.52 bits per heavy atom. The lowest BCUT2D eigenvalue weighted by Gasteiger charge is -2.21. The molecule has 6 heteroatoms. The molecular weight excluding hydrogens is 290 g/mol. The molecule has 0 saturated carbocycles. The van der Waals surface area contributed by atoms with E-state index in [1.165, 1.54) is 0 Å². The Hall–Kier alpha value is -1.30. The largest absolute Gasteiger partial charge is 0.396 e. The number of nitrogens with one attached hydrogen (secondary N) is 2. The number of halogens is 1. The molecule has 0 spiro atoms. The molecule has 2 heterocycles. The van der Waals surface area contributed by atoms with Crippen molar-refractivity contribution >= 4 is 28.9 Å². The summed E-state index contributed by atoms with van der Waals surface area (Å²) in [5.74, 6) is 0.472. The fourth-order valence-electron chi connectivity index (χ4n) is 3.27. The number of carbonyl (C=O) groups excluding carboxylic acids is 1. The highest BCUT2D eigenvalue weighted by Gasteiger charge is 2.32. The van der Waals surface area contributed by atoms with E-state index >= 15 is 0 Å². The normalized spacial score (nSPS) is 24.3. The molecule has 1 aromatic carbocycles. The molecule has 2 aliphatic rings. The van der Waals surface area contributed by atoms with E-state index in [0.29, 0.717) is 10.9 Å². The third-order valence-corrected chi connectivity index (χ3v) is 4.71. The maximum atomic E-state index is 11.9. The lowest BCUT2D eigenvalue weighted by molar-refractivity contribution is -0.117. The van der Waals surface area contributed by atoms with Gasteiger partial charge < -0.3 is 20.6 Å². The molecule has 0 radical (unpaired) electrons. The van der Waals surface area contributed by atoms with E-state index in [1.54, 1.807) is 7.05 Å². The van der Waals surface area contributed by atoms with Crippen molar-refractivity contribution in [2.24, 2.45) is 5.92 Å². The first-order chi connectivity index (χ1) is 10.1. The number of aliphatic hydroxyl groups is 1. The fourth-order valence-corrected chi connectivity index (χ4v) is 3.56. The Kier molecular flexibility index (Phi) is 4.06. The van der Waals surface area contributed by atoms with Crippen molar-refractivity contribution in [2.75, 3.05) is 37.0 Å². The average molecular weight is 310 g/mol. The van der Waals surface area contributed by atoms with Crippen LogP contribution < -0.4 is 15.5 Å². The summed E-state index contributed by atoms with van der Waals surface area (Å²) >= 11 is 6.42. The summed E-state index contributed by atoms with van der Waals surface area (Å²) in [4.78, 5) is 14.1. The van der Waals surface area contributed by atoms with Crippen LogP contribution in [0.15, 0.2) is 12.1 Å². The number of carbonyl (C=O) groups is 1. The van der Waals surface area contributed by atoms with Crippen molar-refractivity contribution in [3.05, 3.63) is 22.7 Å². The number of benzene rings is 1. The summed E-state index contributed by atoms with van der Waals surface area (Å²) in [7, 11) is 1.77. The van der Waals surface area contributed by atoms with Gasteiger partial charge in [0.15, 0.2) is 0 Å². The SMILES string of the molecule is CNC1C(=O)Nc2cc(N3CCC(CCO)C3)c(Cl)cc21. The second-order valence-corrected chi connectivity index (χ2v) is 6.12. The molecule has 3 N–H and O–H groups in total. The summed E-state index contributed by atoms with van der Waals surface area (Å²) < 4.78 is 0. The summed E-state index contributed by atoms with van der Waals surface area (Å²) in [6, 6.07) is 3.52. The van der Waals surface area contributed by atoms with E-state index in [4.69, 9.17) is 16.7 Å². The first-order valence-corrected chi connectivity index (χ1v) is 7.69. The van der Waals surface area contributed by atoms with Crippen molar-refractivity contribution in [1.82, 2.24) is 5.32 Å². The van der Waals surface area contributed by atoms with Crippen LogP contribution in [0.4, 0.5) is 11.4 Å². The number of hydrogen-bond donors (Lipinski definition) is 3. The van der Waals surface area contributed by atoms with Crippen LogP contribution in [0.1, 0.15) is 24.4 Å². The number of hydrogen-bond acceptors (Lipinski definition) is 4. The van der Waals surface area contributed by atoms with Gasteiger partial charge in [0.25, 0.3) is 0 Å². The summed E-state index contributed by atoms with van der Waals surface area (Å²) in [5, 5.41) is 15.6. The van der Waals surface area contributed by atoms with Gasteiger partial charge in [-0.25, -0.2) is 0 Å². The maximum Gasteiger partial charge on any atom is 0.246 e. The van der Waals surface area contributed by atoms with Gasteiger partial charge in [-0.3, -0.25) is 4.79 Å². The minimum atomic E-state index is -0.327. The molecular formula is C15H20ClN3O2. The van der Waals surface area contributed by atoms with Crippen LogP contribution in [0, 0.1) is 5.92 Å². The summed E-state index contributed by atoms with van der Waals surface area (Å²) in [5.41, 5.74) is 2.71. The third kappa shape index (κ3) is 2.61. The van der Waals surface area contributed by atoms with E-state index in [2.05, 4.69) is 15.5 Å². The van der Waals surface area contributed by atoms with Gasteiger partial charge in [0.1, 0.15) is 6.04 Å². The Morgan fingerprint density at radius 3 is 3.05 bits per heavy atom. The highest BCUT2D eigenvalue weighted by Crippen LogP contribution is 2.40. The fraction of sp³-hybridized carbons (Fsp3) is 0.533. The minimum absolute atomic E-state index is 0.0414. The van der Waals surface area contributed by atoms with Gasteiger partial charge in [0.05, 0.1) is 10.7 Å². The van der Waals surface area contributed by atoms with Gasteiger partial charge in [-0.05, 0) is 37.9 Å². The topological polar surface area (TPSA) is 64.6 Å². The summed E-state index contributed by atoms with van der Waals surface area (Å²) in [6.07, 6.45) is 1.90. The Labute approximate surface area is 129 Å². The van der Waals surface area contributed by atoms with E-state index in [9.17, 15) is 4.79 Å². The van der Waals surface area contributed by atoms with Crippen molar-refractivity contribution in [3.63, 3.8) is 0 Å². The molecule has 5 nitrogen and oxygen atoms in total. The lowest BCUT2D eigenvalue weighted by atomic mass is 10.1. The maximum absolute atomic E-state index is 11.9. The number of rotatable bonds is 4. The number of anilines is 2. The monoisotopic (exact) mass is 309 g/mol. The van der Waals surface area contributed by atoms with E-state index in [-0.39, 0.29) is 18.6 Å². The van der Waals surface area contributed by atoms with Crippen LogP contribution in [0.3, 0.4) is 0 Å². The molecule has 2 unspecified atom stereocenters. The Bertz CT molecular complexity index is 564. The molecule has 1 amide bonds. The van der Waals surface area contributed by atoms with Crippen LogP contribution in [0.25, 0.3) is 0 Å². The molecule has 1 saturated heterocycles. The van der Waals surface area contributed by atoms with Gasteiger partial charge >= 0.3 is 0 Å². The molecule has 3 rings (SSSR count). The average Bonchev–Trinajstić information content (AvgIpc) is 3.02. The first-order valence-electron chi connectivity index (χ1n) is 7.31. The van der Waals surface area contributed by atoms with E-state index in [1.807, 2.05) is 12.1 Å². The highest BCUT2D eigenvalue weighted by atomic mass is 35.5. The van der Waals surface area contributed by atoms with Crippen molar-refractivity contribution in [1.29, 1.82) is 0 Å². The van der Waals surface area contributed by atoms with Gasteiger partial charge in [0.2, 0.25) is 5.91 Å². The molecule has 1 fully saturated rings. The number of amides is 1. The number of aliphatic hydroxyl groups excluding tert-OH is 1. The van der Waals surface area contributed by atoms with Crippen LogP contribution in [0.5, 0.6) is 0 Å². The zero-order valence-electron chi connectivity index (χ0n) is 12.0. The predicted octanol–water partition coefficient (Wildman–Crippen LogP) is 1.76. The van der Waals surface area contributed by atoms with Gasteiger partial charge in [0, 0.05) is 30.9 Å². The van der Waals surface area contributed by atoms with Crippen LogP contribution in [-0.2, 0) is 4.79 Å². The summed E-state index contributed by atoms with van der Waals surface area (Å²) in [6.45, 7) is 2.07. The number of likely N-dealkylation sites (N-methyl/N-ethyl adjacent to an activating group) is 1. The van der Waals surface area contributed by atoms with Gasteiger partial charge in [-0.1, -0.05) is 11.6 Å². The Balaban J connectivity index is 1.86. The van der Waals surface area contributed by atoms with Crippen molar-refractivity contribution in [2.45, 2.75) is 18.9 Å². The van der Waals surface area contributed by atoms with Crippen LogP contribution in [0.2, 0.25) is 5.02 Å². The standard InChI is InChI=1S/C15H20ClN3O2/c1-17-14-10-6-11(16)13(7-12(10)18-15(14)21)19-4-2-9(8-19)3-5-20/h6-7,9,14,17,20H,2-5,8H2,1H3,(H,18,21). The van der Waals surface area contributed by atoms with Crippen LogP contribution in [-0.4, -0.2) is 37.8 Å². The quantitative estimate of drug-likeness (QED) is 0.793. The molecule has 2 aliphatic heterocycles. The van der Waals surface area contributed by atoms with Crippen LogP contribution >= 0.6 is 11.6 Å². The van der Waals surface area contributed by atoms with Crippen molar-refractivity contribution < 1.29 is 9.90 Å². The smallest absolute Gasteiger partial charge is 0.246 e.